The largest absolute Gasteiger partial charge is 0.394 e. The minimum atomic E-state index is -0.0141. The van der Waals surface area contributed by atoms with E-state index in [4.69, 9.17) is 4.98 Å². The van der Waals surface area contributed by atoms with E-state index in [2.05, 4.69) is 60.5 Å². The molecule has 0 aliphatic heterocycles. The molecule has 3 rings (SSSR count). The van der Waals surface area contributed by atoms with Gasteiger partial charge in [0, 0.05) is 5.39 Å². The number of thiophene rings is 1. The molecular formula is C19H22N2OS. The van der Waals surface area contributed by atoms with Gasteiger partial charge in [0.05, 0.1) is 28.7 Å². The molecule has 0 bridgehead atoms. The van der Waals surface area contributed by atoms with Crippen LogP contribution >= 0.6 is 11.3 Å². The highest BCUT2D eigenvalue weighted by Gasteiger charge is 2.20. The maximum absolute atomic E-state index is 9.96. The average Bonchev–Trinajstić information content (AvgIpc) is 3.13. The van der Waals surface area contributed by atoms with Gasteiger partial charge in [-0.2, -0.15) is 0 Å². The molecule has 2 aromatic heterocycles. The van der Waals surface area contributed by atoms with Crippen LogP contribution in [0.25, 0.3) is 21.5 Å². The average molecular weight is 326 g/mol. The third-order valence-corrected chi connectivity index (χ3v) is 5.20. The Morgan fingerprint density at radius 3 is 2.57 bits per heavy atom. The fourth-order valence-electron chi connectivity index (χ4n) is 3.08. The van der Waals surface area contributed by atoms with Gasteiger partial charge in [0.15, 0.2) is 0 Å². The van der Waals surface area contributed by atoms with Gasteiger partial charge in [-0.25, -0.2) is 4.98 Å². The molecule has 0 fully saturated rings. The van der Waals surface area contributed by atoms with Crippen LogP contribution in [0.5, 0.6) is 0 Å². The summed E-state index contributed by atoms with van der Waals surface area (Å²) < 4.78 is 0. The summed E-state index contributed by atoms with van der Waals surface area (Å²) in [5, 5.41) is 13.1. The molecule has 120 valence electrons. The fourth-order valence-corrected chi connectivity index (χ4v) is 3.77. The lowest BCUT2D eigenvalue weighted by Crippen LogP contribution is -2.31. The summed E-state index contributed by atoms with van der Waals surface area (Å²) in [6, 6.07) is 14.5. The van der Waals surface area contributed by atoms with Crippen LogP contribution in [0, 0.1) is 0 Å². The van der Waals surface area contributed by atoms with Gasteiger partial charge in [-0.1, -0.05) is 44.2 Å². The first kappa shape index (κ1) is 16.1. The van der Waals surface area contributed by atoms with Gasteiger partial charge in [-0.3, -0.25) is 4.90 Å². The molecule has 4 heteroatoms. The van der Waals surface area contributed by atoms with E-state index in [0.717, 1.165) is 35.2 Å². The van der Waals surface area contributed by atoms with Crippen LogP contribution < -0.4 is 0 Å². The minimum absolute atomic E-state index is 0.0141. The molecule has 1 unspecified atom stereocenters. The second-order valence-corrected chi connectivity index (χ2v) is 6.46. The molecular weight excluding hydrogens is 304 g/mol. The number of aromatic nitrogens is 1. The minimum Gasteiger partial charge on any atom is -0.394 e. The Hall–Kier alpha value is -1.75. The van der Waals surface area contributed by atoms with Crippen LogP contribution in [0.4, 0.5) is 0 Å². The summed E-state index contributed by atoms with van der Waals surface area (Å²) in [7, 11) is 0. The number of hydrogen-bond donors (Lipinski definition) is 1. The molecule has 2 heterocycles. The van der Waals surface area contributed by atoms with Gasteiger partial charge >= 0.3 is 0 Å². The van der Waals surface area contributed by atoms with Crippen molar-refractivity contribution in [1.82, 2.24) is 9.88 Å². The van der Waals surface area contributed by atoms with Gasteiger partial charge in [-0.15, -0.1) is 11.3 Å². The number of fused-ring (bicyclic) bond motifs is 1. The lowest BCUT2D eigenvalue weighted by molar-refractivity contribution is 0.134. The molecule has 0 saturated carbocycles. The van der Waals surface area contributed by atoms with Crippen molar-refractivity contribution in [1.29, 1.82) is 0 Å². The van der Waals surface area contributed by atoms with Crippen molar-refractivity contribution < 1.29 is 5.11 Å². The van der Waals surface area contributed by atoms with Crippen molar-refractivity contribution in [3.63, 3.8) is 0 Å². The van der Waals surface area contributed by atoms with E-state index >= 15 is 0 Å². The Morgan fingerprint density at radius 2 is 1.91 bits per heavy atom. The highest BCUT2D eigenvalue weighted by atomic mass is 32.1. The summed E-state index contributed by atoms with van der Waals surface area (Å²) >= 11 is 1.70. The maximum Gasteiger partial charge on any atom is 0.0809 e. The summed E-state index contributed by atoms with van der Waals surface area (Å²) in [4.78, 5) is 8.35. The number of benzene rings is 1. The predicted molar refractivity (Wildman–Crippen MR) is 97.8 cm³/mol. The number of aliphatic hydroxyl groups excluding tert-OH is 1. The molecule has 0 radical (unpaired) electrons. The van der Waals surface area contributed by atoms with Crippen LogP contribution in [-0.2, 0) is 0 Å². The Morgan fingerprint density at radius 1 is 1.09 bits per heavy atom. The topological polar surface area (TPSA) is 36.4 Å². The Bertz CT molecular complexity index is 766. The quantitative estimate of drug-likeness (QED) is 0.732. The van der Waals surface area contributed by atoms with Crippen LogP contribution in [0.15, 0.2) is 47.8 Å². The predicted octanol–water partition coefficient (Wildman–Crippen LogP) is 4.34. The molecule has 0 amide bonds. The molecule has 1 atom stereocenters. The van der Waals surface area contributed by atoms with Crippen LogP contribution in [0.1, 0.15) is 25.5 Å². The first-order chi connectivity index (χ1) is 11.3. The van der Waals surface area contributed by atoms with E-state index in [-0.39, 0.29) is 12.6 Å². The third-order valence-electron chi connectivity index (χ3n) is 4.31. The van der Waals surface area contributed by atoms with Gasteiger partial charge < -0.3 is 5.11 Å². The van der Waals surface area contributed by atoms with E-state index in [1.54, 1.807) is 11.3 Å². The van der Waals surface area contributed by atoms with Crippen LogP contribution in [0.3, 0.4) is 0 Å². The normalized spacial score (nSPS) is 12.9. The number of rotatable bonds is 6. The lowest BCUT2D eigenvalue weighted by atomic mass is 10.0. The number of pyridine rings is 1. The molecule has 0 aliphatic rings. The fraction of sp³-hybridized carbons (Fsp3) is 0.316. The highest BCUT2D eigenvalue weighted by molar-refractivity contribution is 7.13. The number of para-hydroxylation sites is 1. The van der Waals surface area contributed by atoms with Gasteiger partial charge in [0.1, 0.15) is 0 Å². The zero-order chi connectivity index (χ0) is 16.2. The van der Waals surface area contributed by atoms with Crippen LogP contribution in [-0.4, -0.2) is 34.7 Å². The van der Waals surface area contributed by atoms with Crippen LogP contribution in [0.2, 0.25) is 0 Å². The maximum atomic E-state index is 9.96. The summed E-state index contributed by atoms with van der Waals surface area (Å²) in [6.45, 7) is 6.17. The first-order valence-electron chi connectivity index (χ1n) is 8.07. The van der Waals surface area contributed by atoms with E-state index < -0.39 is 0 Å². The Kier molecular flexibility index (Phi) is 5.06. The molecule has 3 nitrogen and oxygen atoms in total. The van der Waals surface area contributed by atoms with Gasteiger partial charge in [0.2, 0.25) is 0 Å². The lowest BCUT2D eigenvalue weighted by Gasteiger charge is -2.29. The number of nitrogens with zero attached hydrogens (tertiary/aromatic N) is 2. The number of hydrogen-bond acceptors (Lipinski definition) is 4. The number of aliphatic hydroxyl groups is 1. The van der Waals surface area contributed by atoms with E-state index in [0.29, 0.717) is 0 Å². The highest BCUT2D eigenvalue weighted by Crippen LogP contribution is 2.30. The first-order valence-corrected chi connectivity index (χ1v) is 8.94. The molecule has 0 saturated heterocycles. The number of likely N-dealkylation sites (N-methyl/N-ethyl adjacent to an activating group) is 1. The van der Waals surface area contributed by atoms with Crippen molar-refractivity contribution >= 4 is 22.2 Å². The Labute approximate surface area is 141 Å². The van der Waals surface area contributed by atoms with Crippen molar-refractivity contribution in [2.24, 2.45) is 0 Å². The third kappa shape index (κ3) is 3.15. The van der Waals surface area contributed by atoms with Gasteiger partial charge in [0.25, 0.3) is 0 Å². The molecule has 3 aromatic rings. The smallest absolute Gasteiger partial charge is 0.0809 e. The zero-order valence-electron chi connectivity index (χ0n) is 13.6. The molecule has 0 spiro atoms. The summed E-state index contributed by atoms with van der Waals surface area (Å²) in [6.07, 6.45) is 0. The monoisotopic (exact) mass is 326 g/mol. The van der Waals surface area contributed by atoms with Crippen molar-refractivity contribution in [2.75, 3.05) is 19.7 Å². The zero-order valence-corrected chi connectivity index (χ0v) is 14.4. The van der Waals surface area contributed by atoms with E-state index in [1.165, 1.54) is 4.88 Å². The Balaban J connectivity index is 2.14. The second-order valence-electron chi connectivity index (χ2n) is 5.51. The SMILES string of the molecule is CCN(CC)C(CO)c1cccc2ccc(-c3cccs3)nc12. The van der Waals surface area contributed by atoms with E-state index in [9.17, 15) is 5.11 Å². The molecule has 1 N–H and O–H groups in total. The summed E-state index contributed by atoms with van der Waals surface area (Å²) in [5.74, 6) is 0. The molecule has 0 aliphatic carbocycles. The van der Waals surface area contributed by atoms with Crippen molar-refractivity contribution in [3.8, 4) is 10.6 Å². The summed E-state index contributed by atoms with van der Waals surface area (Å²) in [5.41, 5.74) is 3.09. The van der Waals surface area contributed by atoms with Gasteiger partial charge in [-0.05, 0) is 36.2 Å². The van der Waals surface area contributed by atoms with E-state index in [1.807, 2.05) is 6.07 Å². The standard InChI is InChI=1S/C19H22N2OS/c1-3-21(4-2)17(13-22)15-8-5-7-14-10-11-16(20-19(14)15)18-9-6-12-23-18/h5-12,17,22H,3-4,13H2,1-2H3. The van der Waals surface area contributed by atoms with Crippen molar-refractivity contribution in [3.05, 3.63) is 53.4 Å². The second kappa shape index (κ2) is 7.21. The molecule has 1 aromatic carbocycles. The molecule has 23 heavy (non-hydrogen) atoms. The van der Waals surface area contributed by atoms with Crippen molar-refractivity contribution in [2.45, 2.75) is 19.9 Å².